The second kappa shape index (κ2) is 10.6. The summed E-state index contributed by atoms with van der Waals surface area (Å²) in [5.74, 6) is -2.54. The molecule has 0 aliphatic carbocycles. The summed E-state index contributed by atoms with van der Waals surface area (Å²) in [7, 11) is 0. The minimum absolute atomic E-state index is 0.167. The molecule has 0 heterocycles. The van der Waals surface area contributed by atoms with Crippen molar-refractivity contribution < 1.29 is 24.2 Å². The van der Waals surface area contributed by atoms with Crippen molar-refractivity contribution in [2.45, 2.75) is 25.9 Å². The van der Waals surface area contributed by atoms with Crippen molar-refractivity contribution in [1.82, 2.24) is 10.6 Å². The first-order valence-electron chi connectivity index (χ1n) is 8.04. The zero-order chi connectivity index (χ0) is 19.7. The predicted molar refractivity (Wildman–Crippen MR) is 98.1 cm³/mol. The van der Waals surface area contributed by atoms with E-state index in [1.165, 1.54) is 18.2 Å². The maximum Gasteiger partial charge on any atom is 0.328 e. The molecule has 0 aliphatic heterocycles. The maximum atomic E-state index is 12.5. The minimum atomic E-state index is -1.23. The molecule has 2 amide bonds. The van der Waals surface area contributed by atoms with Crippen molar-refractivity contribution in [2.24, 2.45) is 5.92 Å². The number of ether oxygens (including phenoxy) is 1. The van der Waals surface area contributed by atoms with Crippen LogP contribution in [0.4, 0.5) is 0 Å². The summed E-state index contributed by atoms with van der Waals surface area (Å²) in [6, 6.07) is 4.08. The van der Waals surface area contributed by atoms with E-state index < -0.39 is 29.9 Å². The van der Waals surface area contributed by atoms with Gasteiger partial charge in [0.15, 0.2) is 6.04 Å². The van der Waals surface area contributed by atoms with E-state index in [0.717, 1.165) is 0 Å². The second-order valence-corrected chi connectivity index (χ2v) is 6.36. The first-order chi connectivity index (χ1) is 12.3. The number of carboxylic acids is 1. The van der Waals surface area contributed by atoms with Gasteiger partial charge in [0.05, 0.1) is 13.2 Å². The quantitative estimate of drug-likeness (QED) is 0.423. The molecular formula is C18H23ClN2O5. The van der Waals surface area contributed by atoms with Gasteiger partial charge in [-0.25, -0.2) is 4.79 Å². The van der Waals surface area contributed by atoms with E-state index in [2.05, 4.69) is 17.2 Å². The summed E-state index contributed by atoms with van der Waals surface area (Å²) in [6.07, 6.45) is 1.48. The minimum Gasteiger partial charge on any atom is -0.480 e. The number of carbonyl (C=O) groups excluding carboxylic acids is 2. The van der Waals surface area contributed by atoms with Gasteiger partial charge in [-0.3, -0.25) is 9.59 Å². The van der Waals surface area contributed by atoms with Gasteiger partial charge in [0.25, 0.3) is 5.91 Å². The topological polar surface area (TPSA) is 105 Å². The highest BCUT2D eigenvalue weighted by molar-refractivity contribution is 6.30. The Balaban J connectivity index is 2.78. The number of benzene rings is 1. The standard InChI is InChI=1S/C18H23ClN2O5/c1-4-9-26-10-14(18(24)25)20-17(23)15(11(2)3)21-16(22)12-5-7-13(19)8-6-12/h4-8,11,14-15H,1,9-10H2,2-3H3,(H,20,23)(H,21,22)(H,24,25). The highest BCUT2D eigenvalue weighted by atomic mass is 35.5. The summed E-state index contributed by atoms with van der Waals surface area (Å²) in [5.41, 5.74) is 0.344. The average Bonchev–Trinajstić information content (AvgIpc) is 2.58. The number of nitrogens with one attached hydrogen (secondary N) is 2. The number of hydrogen-bond donors (Lipinski definition) is 3. The second-order valence-electron chi connectivity index (χ2n) is 5.93. The Kier molecular flexibility index (Phi) is 8.81. The summed E-state index contributed by atoms with van der Waals surface area (Å²) in [5, 5.41) is 14.7. The molecule has 142 valence electrons. The monoisotopic (exact) mass is 382 g/mol. The van der Waals surface area contributed by atoms with E-state index in [1.807, 2.05) is 0 Å². The normalized spacial score (nSPS) is 12.9. The molecule has 0 aliphatic rings. The van der Waals surface area contributed by atoms with Gasteiger partial charge in [0.2, 0.25) is 5.91 Å². The van der Waals surface area contributed by atoms with Crippen molar-refractivity contribution >= 4 is 29.4 Å². The maximum absolute atomic E-state index is 12.5. The van der Waals surface area contributed by atoms with Gasteiger partial charge >= 0.3 is 5.97 Å². The van der Waals surface area contributed by atoms with Gasteiger partial charge in [-0.05, 0) is 30.2 Å². The number of carbonyl (C=O) groups is 3. The van der Waals surface area contributed by atoms with Crippen LogP contribution in [0.3, 0.4) is 0 Å². The zero-order valence-electron chi connectivity index (χ0n) is 14.7. The predicted octanol–water partition coefficient (Wildman–Crippen LogP) is 1.87. The number of carboxylic acid groups (broad SMARTS) is 1. The number of amides is 2. The largest absolute Gasteiger partial charge is 0.480 e. The molecule has 0 saturated heterocycles. The molecule has 1 rings (SSSR count). The van der Waals surface area contributed by atoms with E-state index in [4.69, 9.17) is 16.3 Å². The van der Waals surface area contributed by atoms with E-state index in [-0.39, 0.29) is 19.1 Å². The van der Waals surface area contributed by atoms with Crippen molar-refractivity contribution in [2.75, 3.05) is 13.2 Å². The number of aliphatic carboxylic acids is 1. The third kappa shape index (κ3) is 6.85. The Morgan fingerprint density at radius 1 is 1.23 bits per heavy atom. The summed E-state index contributed by atoms with van der Waals surface area (Å²) in [6.45, 7) is 6.92. The molecule has 0 spiro atoms. The first-order valence-corrected chi connectivity index (χ1v) is 8.42. The fourth-order valence-corrected chi connectivity index (χ4v) is 2.19. The first kappa shape index (κ1) is 21.7. The Hall–Kier alpha value is -2.38. The van der Waals surface area contributed by atoms with Gasteiger partial charge in [-0.1, -0.05) is 31.5 Å². The van der Waals surface area contributed by atoms with E-state index >= 15 is 0 Å². The molecule has 1 aromatic rings. The molecular weight excluding hydrogens is 360 g/mol. The Bertz CT molecular complexity index is 645. The zero-order valence-corrected chi connectivity index (χ0v) is 15.5. The third-order valence-corrected chi connectivity index (χ3v) is 3.73. The van der Waals surface area contributed by atoms with Crippen molar-refractivity contribution in [3.05, 3.63) is 47.5 Å². The van der Waals surface area contributed by atoms with Crippen LogP contribution in [0.1, 0.15) is 24.2 Å². The third-order valence-electron chi connectivity index (χ3n) is 3.48. The van der Waals surface area contributed by atoms with Crippen LogP contribution in [-0.4, -0.2) is 48.2 Å². The van der Waals surface area contributed by atoms with Crippen LogP contribution in [0.25, 0.3) is 0 Å². The van der Waals surface area contributed by atoms with Gasteiger partial charge in [-0.2, -0.15) is 0 Å². The SMILES string of the molecule is C=CCOCC(NC(=O)C(NC(=O)c1ccc(Cl)cc1)C(C)C)C(=O)O. The highest BCUT2D eigenvalue weighted by Gasteiger charge is 2.29. The molecule has 0 aromatic heterocycles. The lowest BCUT2D eigenvalue weighted by Gasteiger charge is -2.24. The van der Waals surface area contributed by atoms with E-state index in [1.54, 1.807) is 26.0 Å². The van der Waals surface area contributed by atoms with Gasteiger partial charge in [0.1, 0.15) is 6.04 Å². The molecule has 2 unspecified atom stereocenters. The Morgan fingerprint density at radius 2 is 1.85 bits per heavy atom. The molecule has 0 saturated carbocycles. The number of halogens is 1. The molecule has 26 heavy (non-hydrogen) atoms. The fourth-order valence-electron chi connectivity index (χ4n) is 2.07. The fraction of sp³-hybridized carbons (Fsp3) is 0.389. The van der Waals surface area contributed by atoms with Crippen LogP contribution in [0.2, 0.25) is 5.02 Å². The lowest BCUT2D eigenvalue weighted by molar-refractivity contribution is -0.144. The van der Waals surface area contributed by atoms with Gasteiger partial charge in [0, 0.05) is 10.6 Å². The van der Waals surface area contributed by atoms with Crippen LogP contribution < -0.4 is 10.6 Å². The van der Waals surface area contributed by atoms with Gasteiger partial charge < -0.3 is 20.5 Å². The lowest BCUT2D eigenvalue weighted by atomic mass is 10.0. The van der Waals surface area contributed by atoms with Crippen molar-refractivity contribution in [1.29, 1.82) is 0 Å². The molecule has 0 fully saturated rings. The Labute approximate surface area is 157 Å². The Morgan fingerprint density at radius 3 is 2.35 bits per heavy atom. The van der Waals surface area contributed by atoms with Crippen LogP contribution in [0, 0.1) is 5.92 Å². The average molecular weight is 383 g/mol. The molecule has 0 radical (unpaired) electrons. The summed E-state index contributed by atoms with van der Waals surface area (Å²) in [4.78, 5) is 36.1. The highest BCUT2D eigenvalue weighted by Crippen LogP contribution is 2.11. The van der Waals surface area contributed by atoms with Crippen LogP contribution in [0.5, 0.6) is 0 Å². The van der Waals surface area contributed by atoms with E-state index in [0.29, 0.717) is 10.6 Å². The van der Waals surface area contributed by atoms with Crippen LogP contribution in [-0.2, 0) is 14.3 Å². The molecule has 2 atom stereocenters. The van der Waals surface area contributed by atoms with Crippen LogP contribution in [0.15, 0.2) is 36.9 Å². The van der Waals surface area contributed by atoms with Crippen molar-refractivity contribution in [3.8, 4) is 0 Å². The molecule has 8 heteroatoms. The lowest BCUT2D eigenvalue weighted by Crippen LogP contribution is -2.54. The smallest absolute Gasteiger partial charge is 0.328 e. The van der Waals surface area contributed by atoms with Gasteiger partial charge in [-0.15, -0.1) is 6.58 Å². The van der Waals surface area contributed by atoms with E-state index in [9.17, 15) is 19.5 Å². The summed E-state index contributed by atoms with van der Waals surface area (Å²) < 4.78 is 5.10. The molecule has 3 N–H and O–H groups in total. The molecule has 7 nitrogen and oxygen atoms in total. The molecule has 0 bridgehead atoms. The molecule has 1 aromatic carbocycles. The summed E-state index contributed by atoms with van der Waals surface area (Å²) >= 11 is 5.79. The number of hydrogen-bond acceptors (Lipinski definition) is 4. The number of rotatable bonds is 10. The van der Waals surface area contributed by atoms with Crippen molar-refractivity contribution in [3.63, 3.8) is 0 Å². The van der Waals surface area contributed by atoms with Crippen LogP contribution >= 0.6 is 11.6 Å².